The molecule has 2 amide bonds. The average molecular weight is 503 g/mol. The van der Waals surface area contributed by atoms with Crippen LogP contribution in [-0.4, -0.2) is 62.0 Å². The molecule has 37 heavy (non-hydrogen) atoms. The zero-order chi connectivity index (χ0) is 26.5. The summed E-state index contributed by atoms with van der Waals surface area (Å²) in [6.45, 7) is 3.94. The number of ether oxygens (including phenoxy) is 2. The molecule has 0 fully saturated rings. The Morgan fingerprint density at radius 2 is 1.41 bits per heavy atom. The number of anilines is 1. The summed E-state index contributed by atoms with van der Waals surface area (Å²) < 4.78 is 10.1. The summed E-state index contributed by atoms with van der Waals surface area (Å²) in [6.07, 6.45) is 0. The topological polar surface area (TPSA) is 118 Å². The van der Waals surface area contributed by atoms with Gasteiger partial charge in [-0.2, -0.15) is 5.11 Å². The summed E-state index contributed by atoms with van der Waals surface area (Å²) in [7, 11) is 1.47. The van der Waals surface area contributed by atoms with Crippen LogP contribution in [0.3, 0.4) is 0 Å². The number of hydrogen-bond donors (Lipinski definition) is 0. The summed E-state index contributed by atoms with van der Waals surface area (Å²) >= 11 is 0. The molecular formula is C27H26N4O6. The van der Waals surface area contributed by atoms with Crippen LogP contribution in [0.4, 0.5) is 17.1 Å². The van der Waals surface area contributed by atoms with Crippen molar-refractivity contribution in [3.63, 3.8) is 0 Å². The Balaban J connectivity index is 1.55. The Morgan fingerprint density at radius 1 is 0.811 bits per heavy atom. The van der Waals surface area contributed by atoms with E-state index in [1.807, 2.05) is 23.1 Å². The molecule has 0 saturated carbocycles. The van der Waals surface area contributed by atoms with E-state index in [4.69, 9.17) is 9.47 Å². The first-order valence-corrected chi connectivity index (χ1v) is 11.7. The Morgan fingerprint density at radius 3 is 2.00 bits per heavy atom. The second kappa shape index (κ2) is 11.0. The first-order valence-electron chi connectivity index (χ1n) is 11.7. The normalized spacial score (nSPS) is 12.8. The molecule has 1 aliphatic heterocycles. The molecule has 4 rings (SSSR count). The molecule has 3 aromatic carbocycles. The van der Waals surface area contributed by atoms with Crippen molar-refractivity contribution in [1.29, 1.82) is 0 Å². The lowest BCUT2D eigenvalue weighted by atomic mass is 9.93. The summed E-state index contributed by atoms with van der Waals surface area (Å²) in [4.78, 5) is 50.5. The van der Waals surface area contributed by atoms with Gasteiger partial charge in [-0.05, 0) is 42.5 Å². The van der Waals surface area contributed by atoms with E-state index in [2.05, 4.69) is 10.2 Å². The monoisotopic (exact) mass is 502 g/mol. The van der Waals surface area contributed by atoms with Crippen molar-refractivity contribution in [2.45, 2.75) is 13.8 Å². The minimum absolute atomic E-state index is 0.197. The van der Waals surface area contributed by atoms with Gasteiger partial charge in [0.25, 0.3) is 11.8 Å². The van der Waals surface area contributed by atoms with E-state index in [-0.39, 0.29) is 37.0 Å². The second-order valence-corrected chi connectivity index (χ2v) is 8.41. The smallest absolute Gasteiger partial charge is 0.302 e. The van der Waals surface area contributed by atoms with Crippen LogP contribution in [0.2, 0.25) is 0 Å². The van der Waals surface area contributed by atoms with Crippen molar-refractivity contribution in [3.05, 3.63) is 65.7 Å². The van der Waals surface area contributed by atoms with Crippen molar-refractivity contribution < 1.29 is 28.7 Å². The highest BCUT2D eigenvalue weighted by Gasteiger charge is 2.30. The van der Waals surface area contributed by atoms with E-state index in [0.717, 1.165) is 10.6 Å². The lowest BCUT2D eigenvalue weighted by Gasteiger charge is -2.24. The Kier molecular flexibility index (Phi) is 7.57. The maximum Gasteiger partial charge on any atom is 0.302 e. The highest BCUT2D eigenvalue weighted by molar-refractivity contribution is 6.26. The number of imide groups is 1. The van der Waals surface area contributed by atoms with Gasteiger partial charge in [-0.15, -0.1) is 5.11 Å². The predicted molar refractivity (Wildman–Crippen MR) is 136 cm³/mol. The summed E-state index contributed by atoms with van der Waals surface area (Å²) in [5.41, 5.74) is 2.88. The molecule has 0 N–H and O–H groups in total. The molecule has 190 valence electrons. The lowest BCUT2D eigenvalue weighted by Crippen LogP contribution is -2.36. The number of carbonyl (C=O) groups is 4. The molecule has 10 heteroatoms. The highest BCUT2D eigenvalue weighted by atomic mass is 16.5. The van der Waals surface area contributed by atoms with Crippen molar-refractivity contribution in [2.24, 2.45) is 10.2 Å². The fourth-order valence-electron chi connectivity index (χ4n) is 4.10. The third-order valence-electron chi connectivity index (χ3n) is 5.91. The minimum Gasteiger partial charge on any atom is -0.464 e. The summed E-state index contributed by atoms with van der Waals surface area (Å²) in [5, 5.41) is 9.98. The van der Waals surface area contributed by atoms with Crippen molar-refractivity contribution in [3.8, 4) is 0 Å². The van der Waals surface area contributed by atoms with Crippen molar-refractivity contribution in [1.82, 2.24) is 4.90 Å². The zero-order valence-corrected chi connectivity index (χ0v) is 20.8. The molecule has 10 nitrogen and oxygen atoms in total. The van der Waals surface area contributed by atoms with Gasteiger partial charge in [0.05, 0.1) is 24.5 Å². The van der Waals surface area contributed by atoms with Crippen LogP contribution in [0, 0.1) is 0 Å². The SMILES string of the molecule is CC(=O)OCCN(CCOC(C)=O)c1ccc(N=Nc2ccc3c4c(cccc24)C(=O)N(C)C3=O)cc1. The Labute approximate surface area is 213 Å². The molecule has 0 atom stereocenters. The van der Waals surface area contributed by atoms with Gasteiger partial charge >= 0.3 is 11.9 Å². The molecule has 1 heterocycles. The van der Waals surface area contributed by atoms with Crippen molar-refractivity contribution >= 4 is 51.6 Å². The molecule has 3 aromatic rings. The van der Waals surface area contributed by atoms with Crippen LogP contribution in [0.25, 0.3) is 10.8 Å². The molecule has 0 aliphatic carbocycles. The van der Waals surface area contributed by atoms with E-state index in [0.29, 0.717) is 46.4 Å². The number of esters is 2. The van der Waals surface area contributed by atoms with Crippen LogP contribution in [0.5, 0.6) is 0 Å². The highest BCUT2D eigenvalue weighted by Crippen LogP contribution is 2.36. The van der Waals surface area contributed by atoms with Gasteiger partial charge in [0.1, 0.15) is 13.2 Å². The molecular weight excluding hydrogens is 476 g/mol. The number of carbonyl (C=O) groups excluding carboxylic acids is 4. The van der Waals surface area contributed by atoms with E-state index >= 15 is 0 Å². The van der Waals surface area contributed by atoms with Gasteiger partial charge < -0.3 is 14.4 Å². The fraction of sp³-hybridized carbons (Fsp3) is 0.259. The first kappa shape index (κ1) is 25.5. The quantitative estimate of drug-likeness (QED) is 0.242. The van der Waals surface area contributed by atoms with Gasteiger partial charge in [-0.25, -0.2) is 0 Å². The third kappa shape index (κ3) is 5.64. The second-order valence-electron chi connectivity index (χ2n) is 8.41. The third-order valence-corrected chi connectivity index (χ3v) is 5.91. The van der Waals surface area contributed by atoms with E-state index in [1.54, 1.807) is 36.4 Å². The number of rotatable bonds is 9. The van der Waals surface area contributed by atoms with Crippen LogP contribution < -0.4 is 4.90 Å². The predicted octanol–water partition coefficient (Wildman–Crippen LogP) is 4.41. The molecule has 0 bridgehead atoms. The molecule has 0 unspecified atom stereocenters. The number of hydrogen-bond acceptors (Lipinski definition) is 9. The van der Waals surface area contributed by atoms with E-state index in [1.165, 1.54) is 20.9 Å². The zero-order valence-electron chi connectivity index (χ0n) is 20.8. The van der Waals surface area contributed by atoms with Gasteiger partial charge in [0, 0.05) is 48.5 Å². The maximum atomic E-state index is 12.6. The first-order chi connectivity index (χ1) is 17.8. The molecule has 0 radical (unpaired) electrons. The standard InChI is InChI=1S/C27H26N4O6/c1-17(32)36-15-13-31(14-16-37-18(2)33)20-9-7-19(8-10-20)28-29-24-12-11-23-25-21(24)5-4-6-22(25)26(34)30(3)27(23)35/h4-12H,13-16H2,1-3H3. The van der Waals surface area contributed by atoms with E-state index < -0.39 is 0 Å². The van der Waals surface area contributed by atoms with Crippen LogP contribution >= 0.6 is 0 Å². The maximum absolute atomic E-state index is 12.6. The number of azo groups is 1. The van der Waals surface area contributed by atoms with Crippen molar-refractivity contribution in [2.75, 3.05) is 38.3 Å². The number of amides is 2. The van der Waals surface area contributed by atoms with Gasteiger partial charge in [-0.1, -0.05) is 12.1 Å². The largest absolute Gasteiger partial charge is 0.464 e. The fourth-order valence-corrected chi connectivity index (χ4v) is 4.10. The lowest BCUT2D eigenvalue weighted by molar-refractivity contribution is -0.141. The Bertz CT molecular complexity index is 1360. The van der Waals surface area contributed by atoms with Gasteiger partial charge in [0.15, 0.2) is 0 Å². The van der Waals surface area contributed by atoms with Crippen LogP contribution in [-0.2, 0) is 19.1 Å². The number of benzene rings is 3. The summed E-state index contributed by atoms with van der Waals surface area (Å²) in [5.74, 6) is -1.43. The molecule has 0 aromatic heterocycles. The molecule has 1 aliphatic rings. The van der Waals surface area contributed by atoms with Crippen LogP contribution in [0.1, 0.15) is 34.6 Å². The average Bonchev–Trinajstić information content (AvgIpc) is 2.88. The van der Waals surface area contributed by atoms with E-state index in [9.17, 15) is 19.2 Å². The van der Waals surface area contributed by atoms with Gasteiger partial charge in [-0.3, -0.25) is 24.1 Å². The molecule has 0 spiro atoms. The van der Waals surface area contributed by atoms with Gasteiger partial charge in [0.2, 0.25) is 0 Å². The molecule has 0 saturated heterocycles. The summed E-state index contributed by atoms with van der Waals surface area (Å²) in [6, 6.07) is 15.9. The van der Waals surface area contributed by atoms with Crippen LogP contribution in [0.15, 0.2) is 64.8 Å². The Hall–Kier alpha value is -4.60. The number of nitrogens with zero attached hydrogens (tertiary/aromatic N) is 4. The minimum atomic E-state index is -0.366.